The van der Waals surface area contributed by atoms with Crippen molar-refractivity contribution in [1.29, 1.82) is 0 Å². The first-order chi connectivity index (χ1) is 6.13. The van der Waals surface area contributed by atoms with Crippen LogP contribution in [-0.2, 0) is 7.05 Å². The monoisotopic (exact) mass is 212 g/mol. The van der Waals surface area contributed by atoms with Crippen LogP contribution < -0.4 is 4.57 Å². The van der Waals surface area contributed by atoms with Gasteiger partial charge in [-0.25, -0.2) is 9.55 Å². The van der Waals surface area contributed by atoms with Crippen molar-refractivity contribution in [1.82, 2.24) is 4.98 Å². The number of nitrogens with one attached hydrogen (secondary N) is 1. The van der Waals surface area contributed by atoms with E-state index in [1.165, 1.54) is 17.2 Å². The molecule has 0 atom stereocenters. The van der Waals surface area contributed by atoms with Gasteiger partial charge in [0.2, 0.25) is 0 Å². The Morgan fingerprint density at radius 3 is 1.50 bits per heavy atom. The number of rotatable bonds is 0. The molecule has 0 unspecified atom stereocenters. The third kappa shape index (κ3) is 4.88. The van der Waals surface area contributed by atoms with Crippen molar-refractivity contribution in [2.45, 2.75) is 20.8 Å². The smallest absolute Gasteiger partial charge is 0.418 e. The molecule has 0 saturated carbocycles. The first-order valence-corrected chi connectivity index (χ1v) is 4.02. The van der Waals surface area contributed by atoms with Crippen LogP contribution in [0.25, 0.3) is 0 Å². The van der Waals surface area contributed by atoms with Gasteiger partial charge in [0.05, 0.1) is 7.05 Å². The van der Waals surface area contributed by atoms with Gasteiger partial charge in [0, 0.05) is 20.8 Å². The number of aromatic nitrogens is 2. The minimum atomic E-state index is -6.00. The number of aromatic amines is 1. The maximum absolute atomic E-state index is 9.75. The highest BCUT2D eigenvalue weighted by atomic mass is 19.5. The van der Waals surface area contributed by atoms with Crippen molar-refractivity contribution in [3.05, 3.63) is 17.2 Å². The van der Waals surface area contributed by atoms with Crippen molar-refractivity contribution in [3.63, 3.8) is 0 Å². The molecule has 1 rings (SSSR count). The van der Waals surface area contributed by atoms with E-state index in [0.29, 0.717) is 0 Å². The van der Waals surface area contributed by atoms with Gasteiger partial charge in [-0.3, -0.25) is 0 Å². The minimum absolute atomic E-state index is 1.21. The predicted octanol–water partition coefficient (Wildman–Crippen LogP) is 2.06. The van der Waals surface area contributed by atoms with Gasteiger partial charge in [-0.15, -0.1) is 0 Å². The summed E-state index contributed by atoms with van der Waals surface area (Å²) in [5.41, 5.74) is 2.57. The number of halogens is 4. The average Bonchev–Trinajstić information content (AvgIpc) is 2.14. The molecule has 0 bridgehead atoms. The van der Waals surface area contributed by atoms with E-state index in [1.54, 1.807) is 0 Å². The maximum atomic E-state index is 9.75. The van der Waals surface area contributed by atoms with Crippen molar-refractivity contribution in [2.75, 3.05) is 0 Å². The summed E-state index contributed by atoms with van der Waals surface area (Å²) in [6, 6.07) is 0. The summed E-state index contributed by atoms with van der Waals surface area (Å²) < 4.78 is 41.1. The molecule has 0 aromatic carbocycles. The standard InChI is InChI=1S/C7H12N2.BF4/c1-5-6(2)9(4)7(3)8-5;2-1(3,4)5/h1-4H3;/q;-1/p+1. The lowest BCUT2D eigenvalue weighted by molar-refractivity contribution is -0.682. The highest BCUT2D eigenvalue weighted by Crippen LogP contribution is 2.06. The molecule has 1 aromatic heterocycles. The zero-order valence-electron chi connectivity index (χ0n) is 8.54. The van der Waals surface area contributed by atoms with Gasteiger partial charge in [-0.05, 0) is 0 Å². The van der Waals surface area contributed by atoms with Gasteiger partial charge < -0.3 is 17.3 Å². The van der Waals surface area contributed by atoms with E-state index in [2.05, 4.69) is 37.4 Å². The summed E-state index contributed by atoms with van der Waals surface area (Å²) in [6.45, 7) is 6.27. The fourth-order valence-electron chi connectivity index (χ4n) is 0.949. The van der Waals surface area contributed by atoms with Crippen molar-refractivity contribution < 1.29 is 21.8 Å². The third-order valence-corrected chi connectivity index (χ3v) is 1.92. The molecule has 0 aliphatic carbocycles. The predicted molar refractivity (Wildman–Crippen MR) is 46.4 cm³/mol. The van der Waals surface area contributed by atoms with Crippen LogP contribution in [0, 0.1) is 20.8 Å². The molecular formula is C7H13BF4N2. The Kier molecular flexibility index (Phi) is 4.16. The lowest BCUT2D eigenvalue weighted by Gasteiger charge is -1.94. The molecule has 0 fully saturated rings. The Morgan fingerprint density at radius 2 is 1.43 bits per heavy atom. The van der Waals surface area contributed by atoms with Crippen molar-refractivity contribution >= 4 is 7.25 Å². The first-order valence-electron chi connectivity index (χ1n) is 4.02. The Labute approximate surface area is 80.1 Å². The van der Waals surface area contributed by atoms with E-state index in [4.69, 9.17) is 0 Å². The molecule has 0 aliphatic heterocycles. The van der Waals surface area contributed by atoms with Gasteiger partial charge in [-0.1, -0.05) is 0 Å². The summed E-state index contributed by atoms with van der Waals surface area (Å²) >= 11 is 0. The summed E-state index contributed by atoms with van der Waals surface area (Å²) in [7, 11) is -3.94. The molecule has 0 saturated heterocycles. The van der Waals surface area contributed by atoms with E-state index in [-0.39, 0.29) is 0 Å². The lowest BCUT2D eigenvalue weighted by Crippen LogP contribution is -2.32. The zero-order chi connectivity index (χ0) is 11.5. The first kappa shape index (κ1) is 13.0. The van der Waals surface area contributed by atoms with E-state index >= 15 is 0 Å². The molecule has 0 spiro atoms. The maximum Gasteiger partial charge on any atom is 0.673 e. The number of hydrogen-bond acceptors (Lipinski definition) is 0. The Morgan fingerprint density at radius 1 is 1.07 bits per heavy atom. The second-order valence-corrected chi connectivity index (χ2v) is 2.97. The van der Waals surface area contributed by atoms with Gasteiger partial charge in [0.15, 0.2) is 0 Å². The van der Waals surface area contributed by atoms with E-state index in [0.717, 1.165) is 0 Å². The van der Waals surface area contributed by atoms with Crippen LogP contribution in [0.5, 0.6) is 0 Å². The highest BCUT2D eigenvalue weighted by molar-refractivity contribution is 6.50. The fourth-order valence-corrected chi connectivity index (χ4v) is 0.949. The Hall–Kier alpha value is -1.01. The summed E-state index contributed by atoms with van der Waals surface area (Å²) in [5.74, 6) is 1.21. The van der Waals surface area contributed by atoms with Crippen LogP contribution in [0.15, 0.2) is 0 Å². The fraction of sp³-hybridized carbons (Fsp3) is 0.571. The quantitative estimate of drug-likeness (QED) is 0.385. The van der Waals surface area contributed by atoms with Gasteiger partial charge >= 0.3 is 7.25 Å². The molecule has 1 heterocycles. The molecule has 2 nitrogen and oxygen atoms in total. The van der Waals surface area contributed by atoms with Gasteiger partial charge in [-0.2, -0.15) is 0 Å². The van der Waals surface area contributed by atoms with Crippen LogP contribution in [-0.4, -0.2) is 12.2 Å². The number of nitrogens with zero attached hydrogens (tertiary/aromatic N) is 1. The Bertz CT molecular complexity index is 277. The van der Waals surface area contributed by atoms with Crippen molar-refractivity contribution in [3.8, 4) is 0 Å². The molecule has 0 aliphatic rings. The highest BCUT2D eigenvalue weighted by Gasteiger charge is 2.20. The van der Waals surface area contributed by atoms with Crippen molar-refractivity contribution in [2.24, 2.45) is 7.05 Å². The number of imidazole rings is 1. The van der Waals surface area contributed by atoms with Crippen LogP contribution >= 0.6 is 0 Å². The van der Waals surface area contributed by atoms with Crippen LogP contribution in [0.1, 0.15) is 17.2 Å². The summed E-state index contributed by atoms with van der Waals surface area (Å²) in [4.78, 5) is 3.24. The van der Waals surface area contributed by atoms with Gasteiger partial charge in [0.25, 0.3) is 5.82 Å². The zero-order valence-corrected chi connectivity index (χ0v) is 8.54. The molecule has 14 heavy (non-hydrogen) atoms. The third-order valence-electron chi connectivity index (χ3n) is 1.92. The molecule has 0 amide bonds. The SMILES string of the molecule is Cc1[nH]c(C)[n+](C)c1C.F[B-](F)(F)F. The van der Waals surface area contributed by atoms with E-state index < -0.39 is 7.25 Å². The molecule has 1 N–H and O–H groups in total. The normalized spacial score (nSPS) is 10.9. The minimum Gasteiger partial charge on any atom is -0.418 e. The number of aryl methyl sites for hydroxylation is 2. The molecule has 0 radical (unpaired) electrons. The molecule has 7 heteroatoms. The number of H-pyrrole nitrogens is 1. The average molecular weight is 212 g/mol. The van der Waals surface area contributed by atoms with E-state index in [9.17, 15) is 17.3 Å². The molecule has 1 aromatic rings. The summed E-state index contributed by atoms with van der Waals surface area (Å²) in [5, 5.41) is 0. The Balaban J connectivity index is 0.000000292. The summed E-state index contributed by atoms with van der Waals surface area (Å²) in [6.07, 6.45) is 0. The molecule has 82 valence electrons. The second-order valence-electron chi connectivity index (χ2n) is 2.97. The van der Waals surface area contributed by atoms with Crippen LogP contribution in [0.3, 0.4) is 0 Å². The van der Waals surface area contributed by atoms with Crippen LogP contribution in [0.2, 0.25) is 0 Å². The largest absolute Gasteiger partial charge is 0.673 e. The molecular weight excluding hydrogens is 199 g/mol. The topological polar surface area (TPSA) is 19.7 Å². The van der Waals surface area contributed by atoms with Gasteiger partial charge in [0.1, 0.15) is 11.4 Å². The lowest BCUT2D eigenvalue weighted by atomic mass is 10.3. The second kappa shape index (κ2) is 4.48. The number of hydrogen-bond donors (Lipinski definition) is 1. The van der Waals surface area contributed by atoms with E-state index in [1.807, 2.05) is 0 Å². The van der Waals surface area contributed by atoms with Crippen LogP contribution in [0.4, 0.5) is 17.3 Å².